The summed E-state index contributed by atoms with van der Waals surface area (Å²) in [5.41, 5.74) is 4.17. The van der Waals surface area contributed by atoms with Crippen LogP contribution >= 0.6 is 11.3 Å². The molecule has 0 aliphatic rings. The number of nitrogens with zero attached hydrogens (tertiary/aromatic N) is 3. The van der Waals surface area contributed by atoms with Crippen molar-refractivity contribution in [3.63, 3.8) is 0 Å². The highest BCUT2D eigenvalue weighted by atomic mass is 32.1. The van der Waals surface area contributed by atoms with Crippen LogP contribution in [0.3, 0.4) is 0 Å². The second-order valence-electron chi connectivity index (χ2n) is 6.10. The van der Waals surface area contributed by atoms with E-state index in [0.717, 1.165) is 33.2 Å². The molecule has 2 N–H and O–H groups in total. The van der Waals surface area contributed by atoms with E-state index in [1.165, 1.54) is 0 Å². The summed E-state index contributed by atoms with van der Waals surface area (Å²) in [4.78, 5) is 24.6. The lowest BCUT2D eigenvalue weighted by Gasteiger charge is -2.14. The van der Waals surface area contributed by atoms with Gasteiger partial charge in [-0.3, -0.25) is 4.79 Å². The number of aromatic nitrogens is 3. The molecule has 0 aliphatic carbocycles. The number of hydrogen-bond acceptors (Lipinski definition) is 6. The molecule has 0 spiro atoms. The number of allylic oxidation sites excluding steroid dienone is 1. The van der Waals surface area contributed by atoms with Gasteiger partial charge in [0.15, 0.2) is 5.82 Å². The van der Waals surface area contributed by atoms with Gasteiger partial charge in [-0.2, -0.15) is 0 Å². The molecule has 0 atom stereocenters. The first-order chi connectivity index (χ1) is 13.0. The molecule has 0 radical (unpaired) electrons. The highest BCUT2D eigenvalue weighted by molar-refractivity contribution is 7.09. The lowest BCUT2D eigenvalue weighted by atomic mass is 10.1. The molecular formula is C20H20N4O2S. The van der Waals surface area contributed by atoms with E-state index in [4.69, 9.17) is 5.11 Å². The number of carboxylic acids is 1. The number of thiazole rings is 1. The summed E-state index contributed by atoms with van der Waals surface area (Å²) in [6.45, 7) is 7.72. The van der Waals surface area contributed by atoms with E-state index in [9.17, 15) is 4.79 Å². The molecule has 0 saturated heterocycles. The van der Waals surface area contributed by atoms with Crippen LogP contribution in [-0.4, -0.2) is 26.0 Å². The Morgan fingerprint density at radius 1 is 1.22 bits per heavy atom. The van der Waals surface area contributed by atoms with Crippen molar-refractivity contribution in [1.29, 1.82) is 0 Å². The molecule has 0 amide bonds. The maximum atomic E-state index is 10.8. The molecule has 1 aromatic carbocycles. The summed E-state index contributed by atoms with van der Waals surface area (Å²) in [6.07, 6.45) is 2.46. The van der Waals surface area contributed by atoms with Crippen LogP contribution in [0.25, 0.3) is 11.5 Å². The SMILES string of the molecule is C=CCc1c(C)nc(-c2csc(C)n2)nc1Nc1ccc(CC(=O)O)cc1. The molecule has 6 nitrogen and oxygen atoms in total. The van der Waals surface area contributed by atoms with Gasteiger partial charge in [-0.1, -0.05) is 18.2 Å². The van der Waals surface area contributed by atoms with Gasteiger partial charge in [-0.15, -0.1) is 17.9 Å². The molecule has 0 unspecified atom stereocenters. The van der Waals surface area contributed by atoms with Crippen LogP contribution in [0.4, 0.5) is 11.5 Å². The van der Waals surface area contributed by atoms with Gasteiger partial charge in [0.25, 0.3) is 0 Å². The first-order valence-corrected chi connectivity index (χ1v) is 9.33. The van der Waals surface area contributed by atoms with Crippen LogP contribution in [0.1, 0.15) is 21.8 Å². The highest BCUT2D eigenvalue weighted by Gasteiger charge is 2.14. The van der Waals surface area contributed by atoms with Gasteiger partial charge in [0.1, 0.15) is 11.5 Å². The summed E-state index contributed by atoms with van der Waals surface area (Å²) in [5, 5.41) is 15.1. The van der Waals surface area contributed by atoms with Crippen molar-refractivity contribution in [3.05, 3.63) is 64.1 Å². The average molecular weight is 380 g/mol. The number of aryl methyl sites for hydroxylation is 2. The maximum Gasteiger partial charge on any atom is 0.307 e. The van der Waals surface area contributed by atoms with Crippen molar-refractivity contribution in [2.24, 2.45) is 0 Å². The predicted molar refractivity (Wildman–Crippen MR) is 108 cm³/mol. The van der Waals surface area contributed by atoms with E-state index in [-0.39, 0.29) is 6.42 Å². The van der Waals surface area contributed by atoms with Crippen molar-refractivity contribution in [1.82, 2.24) is 15.0 Å². The number of carbonyl (C=O) groups is 1. The lowest BCUT2D eigenvalue weighted by Crippen LogP contribution is -2.06. The molecule has 2 heterocycles. The van der Waals surface area contributed by atoms with E-state index in [0.29, 0.717) is 18.1 Å². The summed E-state index contributed by atoms with van der Waals surface area (Å²) < 4.78 is 0. The van der Waals surface area contributed by atoms with Gasteiger partial charge in [0, 0.05) is 22.3 Å². The number of aliphatic carboxylic acids is 1. The molecule has 3 aromatic rings. The molecule has 7 heteroatoms. The van der Waals surface area contributed by atoms with Crippen LogP contribution in [0.5, 0.6) is 0 Å². The van der Waals surface area contributed by atoms with E-state index in [2.05, 4.69) is 26.8 Å². The molecule has 2 aromatic heterocycles. The van der Waals surface area contributed by atoms with Crippen molar-refractivity contribution >= 4 is 28.8 Å². The predicted octanol–water partition coefficient (Wildman–Crippen LogP) is 4.32. The minimum atomic E-state index is -0.849. The standard InChI is InChI=1S/C20H20N4O2S/c1-4-5-16-12(2)21-20(17-11-27-13(3)22-17)24-19(16)23-15-8-6-14(7-9-15)10-18(25)26/h4,6-9,11H,1,5,10H2,2-3H3,(H,25,26)(H,21,23,24). The zero-order valence-electron chi connectivity index (χ0n) is 15.2. The van der Waals surface area contributed by atoms with Crippen LogP contribution in [0.15, 0.2) is 42.3 Å². The maximum absolute atomic E-state index is 10.8. The van der Waals surface area contributed by atoms with Crippen molar-refractivity contribution in [2.45, 2.75) is 26.7 Å². The molecule has 0 aliphatic heterocycles. The molecule has 0 fully saturated rings. The number of hydrogen-bond donors (Lipinski definition) is 2. The van der Waals surface area contributed by atoms with Gasteiger partial charge < -0.3 is 10.4 Å². The van der Waals surface area contributed by atoms with Gasteiger partial charge in [0.05, 0.1) is 11.4 Å². The Morgan fingerprint density at radius 3 is 2.56 bits per heavy atom. The van der Waals surface area contributed by atoms with Gasteiger partial charge in [-0.25, -0.2) is 15.0 Å². The number of rotatable bonds is 7. The fourth-order valence-electron chi connectivity index (χ4n) is 2.69. The van der Waals surface area contributed by atoms with Crippen LogP contribution < -0.4 is 5.32 Å². The Morgan fingerprint density at radius 2 is 1.96 bits per heavy atom. The van der Waals surface area contributed by atoms with Crippen LogP contribution in [0, 0.1) is 13.8 Å². The molecular weight excluding hydrogens is 360 g/mol. The fourth-order valence-corrected chi connectivity index (χ4v) is 3.28. The fraction of sp³-hybridized carbons (Fsp3) is 0.200. The Labute approximate surface area is 161 Å². The summed E-state index contributed by atoms with van der Waals surface area (Å²) in [7, 11) is 0. The normalized spacial score (nSPS) is 10.6. The van der Waals surface area contributed by atoms with E-state index >= 15 is 0 Å². The third kappa shape index (κ3) is 4.57. The minimum absolute atomic E-state index is 0.00192. The van der Waals surface area contributed by atoms with Crippen molar-refractivity contribution in [3.8, 4) is 11.5 Å². The zero-order chi connectivity index (χ0) is 19.4. The number of anilines is 2. The van der Waals surface area contributed by atoms with E-state index in [1.807, 2.05) is 37.4 Å². The molecule has 0 bridgehead atoms. The third-order valence-electron chi connectivity index (χ3n) is 3.98. The Balaban J connectivity index is 1.95. The summed E-state index contributed by atoms with van der Waals surface area (Å²) in [5.74, 6) is 0.433. The van der Waals surface area contributed by atoms with Crippen LogP contribution in [0.2, 0.25) is 0 Å². The largest absolute Gasteiger partial charge is 0.481 e. The minimum Gasteiger partial charge on any atom is -0.481 e. The van der Waals surface area contributed by atoms with Gasteiger partial charge in [-0.05, 0) is 38.0 Å². The Bertz CT molecular complexity index is 980. The molecule has 27 heavy (non-hydrogen) atoms. The molecule has 138 valence electrons. The molecule has 0 saturated carbocycles. The van der Waals surface area contributed by atoms with Crippen LogP contribution in [-0.2, 0) is 17.6 Å². The first kappa shape index (κ1) is 18.7. The van der Waals surface area contributed by atoms with Gasteiger partial charge >= 0.3 is 5.97 Å². The first-order valence-electron chi connectivity index (χ1n) is 8.45. The lowest BCUT2D eigenvalue weighted by molar-refractivity contribution is -0.136. The quantitative estimate of drug-likeness (QED) is 0.594. The Kier molecular flexibility index (Phi) is 5.61. The summed E-state index contributed by atoms with van der Waals surface area (Å²) >= 11 is 1.56. The topological polar surface area (TPSA) is 88.0 Å². The second kappa shape index (κ2) is 8.09. The number of carboxylic acid groups (broad SMARTS) is 1. The molecule has 3 rings (SSSR count). The third-order valence-corrected chi connectivity index (χ3v) is 4.76. The smallest absolute Gasteiger partial charge is 0.307 e. The van der Waals surface area contributed by atoms with Gasteiger partial charge in [0.2, 0.25) is 0 Å². The monoisotopic (exact) mass is 380 g/mol. The Hall–Kier alpha value is -3.06. The highest BCUT2D eigenvalue weighted by Crippen LogP contribution is 2.26. The van der Waals surface area contributed by atoms with E-state index in [1.54, 1.807) is 23.5 Å². The van der Waals surface area contributed by atoms with Crippen molar-refractivity contribution < 1.29 is 9.90 Å². The zero-order valence-corrected chi connectivity index (χ0v) is 16.0. The number of benzene rings is 1. The average Bonchev–Trinajstić information content (AvgIpc) is 3.05. The van der Waals surface area contributed by atoms with Crippen molar-refractivity contribution in [2.75, 3.05) is 5.32 Å². The number of nitrogens with one attached hydrogen (secondary N) is 1. The second-order valence-corrected chi connectivity index (χ2v) is 7.16. The summed E-state index contributed by atoms with van der Waals surface area (Å²) in [6, 6.07) is 7.28. The van der Waals surface area contributed by atoms with E-state index < -0.39 is 5.97 Å².